The second kappa shape index (κ2) is 6.58. The van der Waals surface area contributed by atoms with Crippen molar-refractivity contribution >= 4 is 13.3 Å². The van der Waals surface area contributed by atoms with Crippen molar-refractivity contribution in [2.45, 2.75) is 117 Å². The topological polar surface area (TPSA) is 0 Å². The summed E-state index contributed by atoms with van der Waals surface area (Å²) in [6.45, 7) is 5.13. The van der Waals surface area contributed by atoms with Crippen LogP contribution in [0.2, 0.25) is 20.0 Å². The first-order valence-corrected chi connectivity index (χ1v) is 15.8. The Morgan fingerprint density at radius 3 is 1.67 bits per heavy atom. The third-order valence-electron chi connectivity index (χ3n) is 7.80. The molecular formula is C20H38Ge. The number of rotatable bonds is 3. The predicted octanol–water partition coefficient (Wildman–Crippen LogP) is 7.31. The van der Waals surface area contributed by atoms with Crippen molar-refractivity contribution in [2.24, 2.45) is 5.41 Å². The molecule has 0 heterocycles. The van der Waals surface area contributed by atoms with Gasteiger partial charge in [0.05, 0.1) is 0 Å². The van der Waals surface area contributed by atoms with Crippen molar-refractivity contribution in [3.8, 4) is 0 Å². The summed E-state index contributed by atoms with van der Waals surface area (Å²) in [6, 6.07) is 0. The van der Waals surface area contributed by atoms with Gasteiger partial charge < -0.3 is 0 Å². The first-order chi connectivity index (χ1) is 10.0. The maximum atomic E-state index is 2.94. The van der Waals surface area contributed by atoms with Gasteiger partial charge in [-0.3, -0.25) is 0 Å². The van der Waals surface area contributed by atoms with Crippen molar-refractivity contribution in [1.82, 2.24) is 0 Å². The second-order valence-corrected chi connectivity index (χ2v) is 20.5. The summed E-state index contributed by atoms with van der Waals surface area (Å²) in [7, 11) is 0. The van der Waals surface area contributed by atoms with Crippen LogP contribution in [-0.2, 0) is 0 Å². The predicted molar refractivity (Wildman–Crippen MR) is 96.7 cm³/mol. The van der Waals surface area contributed by atoms with E-state index in [9.17, 15) is 0 Å². The number of hydrogen-bond acceptors (Lipinski definition) is 0. The Labute approximate surface area is 136 Å². The minimum atomic E-state index is -1.73. The standard InChI is InChI=1S/C20H38Ge/c1-20(2)15-9-14-19(16-20)21(3,18-12-7-8-13-18)17-10-5-4-6-11-17/h17-19H,4-16H2,1-3H3. The van der Waals surface area contributed by atoms with E-state index in [0.717, 1.165) is 0 Å². The summed E-state index contributed by atoms with van der Waals surface area (Å²) in [4.78, 5) is 0. The van der Waals surface area contributed by atoms with Gasteiger partial charge in [-0.05, 0) is 0 Å². The van der Waals surface area contributed by atoms with Gasteiger partial charge in [-0.1, -0.05) is 0 Å². The van der Waals surface area contributed by atoms with Crippen molar-refractivity contribution < 1.29 is 0 Å². The average molecular weight is 351 g/mol. The summed E-state index contributed by atoms with van der Waals surface area (Å²) in [5.41, 5.74) is 0.655. The maximum absolute atomic E-state index is 2.94. The quantitative estimate of drug-likeness (QED) is 0.468. The monoisotopic (exact) mass is 352 g/mol. The Balaban J connectivity index is 1.83. The molecule has 3 saturated carbocycles. The fourth-order valence-corrected chi connectivity index (χ4v) is 21.4. The fraction of sp³-hybridized carbons (Fsp3) is 1.00. The molecule has 0 aromatic carbocycles. The zero-order chi connectivity index (χ0) is 14.9. The normalized spacial score (nSPS) is 34.7. The van der Waals surface area contributed by atoms with Crippen LogP contribution in [0.3, 0.4) is 0 Å². The van der Waals surface area contributed by atoms with Crippen LogP contribution in [0.15, 0.2) is 0 Å². The van der Waals surface area contributed by atoms with Crippen LogP contribution in [0, 0.1) is 5.41 Å². The molecule has 21 heavy (non-hydrogen) atoms. The van der Waals surface area contributed by atoms with Gasteiger partial charge in [0.2, 0.25) is 0 Å². The SMILES string of the molecule is CC1(C)CCC[CH]([Ge]([CH3])([CH]2CCCCC2)[CH]2CCCC2)C1. The van der Waals surface area contributed by atoms with E-state index in [0.29, 0.717) is 5.41 Å². The summed E-state index contributed by atoms with van der Waals surface area (Å²) in [5, 5.41) is 0. The Hall–Kier alpha value is 0.543. The number of hydrogen-bond donors (Lipinski definition) is 0. The van der Waals surface area contributed by atoms with E-state index < -0.39 is 13.3 Å². The van der Waals surface area contributed by atoms with Gasteiger partial charge in [0.15, 0.2) is 0 Å². The van der Waals surface area contributed by atoms with E-state index in [-0.39, 0.29) is 0 Å². The molecule has 0 spiro atoms. The molecule has 3 aliphatic rings. The zero-order valence-electron chi connectivity index (χ0n) is 14.9. The third-order valence-corrected chi connectivity index (χ3v) is 22.3. The summed E-state index contributed by atoms with van der Waals surface area (Å²) in [5.74, 6) is 2.94. The molecule has 0 saturated heterocycles. The molecule has 0 N–H and O–H groups in total. The van der Waals surface area contributed by atoms with Crippen molar-refractivity contribution in [3.63, 3.8) is 0 Å². The molecule has 122 valence electrons. The van der Waals surface area contributed by atoms with Crippen LogP contribution >= 0.6 is 0 Å². The molecule has 0 radical (unpaired) electrons. The molecule has 3 rings (SSSR count). The molecule has 0 aromatic heterocycles. The molecule has 0 aliphatic heterocycles. The van der Waals surface area contributed by atoms with Crippen LogP contribution in [-0.4, -0.2) is 13.3 Å². The van der Waals surface area contributed by atoms with E-state index in [4.69, 9.17) is 0 Å². The van der Waals surface area contributed by atoms with Crippen LogP contribution in [0.5, 0.6) is 0 Å². The molecule has 2 atom stereocenters. The van der Waals surface area contributed by atoms with Gasteiger partial charge in [0.25, 0.3) is 0 Å². The zero-order valence-corrected chi connectivity index (χ0v) is 17.0. The van der Waals surface area contributed by atoms with Crippen molar-refractivity contribution in [3.05, 3.63) is 0 Å². The van der Waals surface area contributed by atoms with E-state index >= 15 is 0 Å². The Bertz CT molecular complexity index is 336. The van der Waals surface area contributed by atoms with Gasteiger partial charge in [-0.25, -0.2) is 0 Å². The summed E-state index contributed by atoms with van der Waals surface area (Å²) < 4.78 is 3.69. The van der Waals surface area contributed by atoms with E-state index in [1.807, 2.05) is 0 Å². The molecule has 0 aromatic rings. The van der Waals surface area contributed by atoms with Crippen LogP contribution in [0.4, 0.5) is 0 Å². The van der Waals surface area contributed by atoms with E-state index in [2.05, 4.69) is 19.6 Å². The van der Waals surface area contributed by atoms with Crippen molar-refractivity contribution in [2.75, 3.05) is 0 Å². The van der Waals surface area contributed by atoms with Crippen LogP contribution in [0.1, 0.15) is 97.3 Å². The van der Waals surface area contributed by atoms with Crippen LogP contribution < -0.4 is 0 Å². The van der Waals surface area contributed by atoms with Gasteiger partial charge in [-0.15, -0.1) is 0 Å². The molecule has 1 heteroatoms. The second-order valence-electron chi connectivity index (χ2n) is 9.64. The summed E-state index contributed by atoms with van der Waals surface area (Å²) in [6.07, 6.45) is 20.6. The Morgan fingerprint density at radius 1 is 0.667 bits per heavy atom. The molecule has 0 nitrogen and oxygen atoms in total. The molecule has 2 unspecified atom stereocenters. The molecular weight excluding hydrogens is 313 g/mol. The third kappa shape index (κ3) is 3.41. The van der Waals surface area contributed by atoms with Crippen LogP contribution in [0.25, 0.3) is 0 Å². The minimum absolute atomic E-state index is 0.655. The first-order valence-electron chi connectivity index (χ1n) is 10.0. The fourth-order valence-electron chi connectivity index (χ4n) is 6.50. The average Bonchev–Trinajstić information content (AvgIpc) is 3.01. The Kier molecular flexibility index (Phi) is 5.14. The van der Waals surface area contributed by atoms with Gasteiger partial charge in [0.1, 0.15) is 0 Å². The van der Waals surface area contributed by atoms with Gasteiger partial charge >= 0.3 is 136 Å². The molecule has 3 aliphatic carbocycles. The van der Waals surface area contributed by atoms with Gasteiger partial charge in [0, 0.05) is 0 Å². The summed E-state index contributed by atoms with van der Waals surface area (Å²) >= 11 is -1.73. The van der Waals surface area contributed by atoms with Crippen molar-refractivity contribution in [1.29, 1.82) is 0 Å². The molecule has 0 bridgehead atoms. The first kappa shape index (κ1) is 16.4. The van der Waals surface area contributed by atoms with Gasteiger partial charge in [-0.2, -0.15) is 0 Å². The Morgan fingerprint density at radius 2 is 1.14 bits per heavy atom. The molecule has 0 amide bonds. The molecule has 3 fully saturated rings. The van der Waals surface area contributed by atoms with E-state index in [1.165, 1.54) is 33.5 Å². The van der Waals surface area contributed by atoms with E-state index in [1.54, 1.807) is 64.2 Å².